The highest BCUT2D eigenvalue weighted by atomic mass is 35.5. The maximum Gasteiger partial charge on any atom is 0.435 e. The molecule has 0 radical (unpaired) electrons. The molecule has 0 saturated heterocycles. The van der Waals surface area contributed by atoms with Crippen molar-refractivity contribution in [2.75, 3.05) is 11.9 Å². The molecule has 0 fully saturated rings. The molecule has 170 valence electrons. The van der Waals surface area contributed by atoms with Crippen LogP contribution in [0.2, 0.25) is 5.02 Å². The Morgan fingerprint density at radius 3 is 2.69 bits per heavy atom. The van der Waals surface area contributed by atoms with E-state index in [0.717, 1.165) is 40.4 Å². The Morgan fingerprint density at radius 2 is 1.97 bits per heavy atom. The molecule has 8 heteroatoms. The first-order valence-electron chi connectivity index (χ1n) is 10.7. The van der Waals surface area contributed by atoms with E-state index in [9.17, 15) is 9.59 Å². The van der Waals surface area contributed by atoms with Crippen LogP contribution < -0.4 is 10.1 Å². The van der Waals surface area contributed by atoms with Gasteiger partial charge in [0, 0.05) is 17.1 Å². The van der Waals surface area contributed by atoms with E-state index < -0.39 is 5.41 Å². The van der Waals surface area contributed by atoms with E-state index in [0.29, 0.717) is 30.9 Å². The fourth-order valence-corrected chi connectivity index (χ4v) is 3.88. The summed E-state index contributed by atoms with van der Waals surface area (Å²) in [5.41, 5.74) is 1.21. The molecule has 1 aliphatic heterocycles. The van der Waals surface area contributed by atoms with Crippen molar-refractivity contribution in [3.8, 4) is 5.75 Å². The van der Waals surface area contributed by atoms with Crippen LogP contribution in [0.3, 0.4) is 0 Å². The van der Waals surface area contributed by atoms with Crippen molar-refractivity contribution in [1.82, 2.24) is 0 Å². The van der Waals surface area contributed by atoms with E-state index in [2.05, 4.69) is 5.32 Å². The van der Waals surface area contributed by atoms with Crippen LogP contribution in [0.25, 0.3) is 0 Å². The minimum absolute atomic E-state index is 0.00689. The number of nitrogens with one attached hydrogen (secondary N) is 1. The first-order chi connectivity index (χ1) is 15.3. The molecule has 1 N–H and O–H groups in total. The van der Waals surface area contributed by atoms with Gasteiger partial charge in [-0.1, -0.05) is 18.5 Å². The summed E-state index contributed by atoms with van der Waals surface area (Å²) >= 11 is 7.02. The predicted octanol–water partition coefficient (Wildman–Crippen LogP) is 5.78. The lowest BCUT2D eigenvalue weighted by molar-refractivity contribution is -0.667. The normalized spacial score (nSPS) is 14.6. The molecule has 0 atom stereocenters. The molecule has 0 saturated carbocycles. The number of unbranched alkanes of at least 4 members (excludes halogenated alkanes) is 1. The highest BCUT2D eigenvalue weighted by Crippen LogP contribution is 2.39. The van der Waals surface area contributed by atoms with Gasteiger partial charge in [-0.15, -0.1) is 0 Å². The average Bonchev–Trinajstić information content (AvgIpc) is 2.99. The third kappa shape index (κ3) is 6.04. The number of nitrogens with zero attached hydrogens (tertiary/aromatic N) is 1. The van der Waals surface area contributed by atoms with Gasteiger partial charge < -0.3 is 10.1 Å². The topological polar surface area (TPSA) is 67.6 Å². The maximum atomic E-state index is 12.4. The lowest BCUT2D eigenvalue weighted by Gasteiger charge is -2.16. The van der Waals surface area contributed by atoms with Gasteiger partial charge in [0.15, 0.2) is 12.0 Å². The van der Waals surface area contributed by atoms with Crippen molar-refractivity contribution >= 4 is 47.4 Å². The van der Waals surface area contributed by atoms with Gasteiger partial charge in [-0.3, -0.25) is 4.79 Å². The summed E-state index contributed by atoms with van der Waals surface area (Å²) in [7, 11) is 0. The predicted molar refractivity (Wildman–Crippen MR) is 127 cm³/mol. The van der Waals surface area contributed by atoms with Gasteiger partial charge in [0.05, 0.1) is 28.1 Å². The number of hydrogen-bond donors (Lipinski definition) is 1. The Hall–Kier alpha value is -2.51. The molecule has 2 aromatic carbocycles. The molecule has 0 bridgehead atoms. The van der Waals surface area contributed by atoms with E-state index in [1.54, 1.807) is 18.3 Å². The zero-order valence-corrected chi connectivity index (χ0v) is 20.1. The first-order valence-corrected chi connectivity index (χ1v) is 11.8. The Balaban J connectivity index is 1.53. The summed E-state index contributed by atoms with van der Waals surface area (Å²) in [6.45, 7) is 6.24. The van der Waals surface area contributed by atoms with Crippen molar-refractivity contribution in [3.05, 3.63) is 53.1 Å². The van der Waals surface area contributed by atoms with E-state index in [1.165, 1.54) is 4.74 Å². The molecule has 32 heavy (non-hydrogen) atoms. The number of carbonyl (C=O) groups excluding carboxylic acids is 2. The number of anilines is 1. The zero-order valence-electron chi connectivity index (χ0n) is 18.5. The SMILES string of the molecule is CCCC(=O)[N+](=CCCCOc1ccc2c(c1)C(C)(C)C(=O)N2)OSc1ccc(Cl)cc1. The lowest BCUT2D eigenvalue weighted by Crippen LogP contribution is -2.26. The van der Waals surface area contributed by atoms with E-state index >= 15 is 0 Å². The summed E-state index contributed by atoms with van der Waals surface area (Å²) in [6.07, 6.45) is 4.23. The first kappa shape index (κ1) is 24.1. The van der Waals surface area contributed by atoms with Crippen molar-refractivity contribution in [2.45, 2.75) is 56.8 Å². The molecule has 3 rings (SSSR count). The van der Waals surface area contributed by atoms with Crippen LogP contribution in [0.15, 0.2) is 47.4 Å². The van der Waals surface area contributed by atoms with Crippen molar-refractivity contribution in [2.24, 2.45) is 0 Å². The standard InChI is InChI=1S/C24H27ClN2O4S/c1-4-7-22(28)27(31-32-19-11-8-17(25)9-12-19)14-5-6-15-30-18-10-13-21-20(16-18)24(2,3)23(29)26-21/h8-14,16H,4-7,15H2,1-3H3/p+1. The summed E-state index contributed by atoms with van der Waals surface area (Å²) in [6, 6.07) is 12.9. The molecule has 6 nitrogen and oxygen atoms in total. The fraction of sp³-hybridized carbons (Fsp3) is 0.375. The molecular formula is C24H28ClN2O4S+. The number of hydroxylamine groups is 1. The number of halogens is 1. The second-order valence-corrected chi connectivity index (χ2v) is 9.26. The van der Waals surface area contributed by atoms with Gasteiger partial charge in [-0.2, -0.15) is 4.28 Å². The molecule has 1 aliphatic rings. The molecule has 0 spiro atoms. The number of amides is 2. The van der Waals surface area contributed by atoms with Crippen LogP contribution in [-0.2, 0) is 19.3 Å². The average molecular weight is 476 g/mol. The van der Waals surface area contributed by atoms with Crippen molar-refractivity contribution < 1.29 is 23.3 Å². The van der Waals surface area contributed by atoms with E-state index in [-0.39, 0.29) is 11.8 Å². The van der Waals surface area contributed by atoms with E-state index in [4.69, 9.17) is 20.6 Å². The van der Waals surface area contributed by atoms with E-state index in [1.807, 2.05) is 51.1 Å². The highest BCUT2D eigenvalue weighted by molar-refractivity contribution is 7.94. The number of carbonyl (C=O) groups is 2. The molecule has 1 heterocycles. The van der Waals surface area contributed by atoms with Gasteiger partial charge in [-0.05, 0) is 74.7 Å². The van der Waals surface area contributed by atoms with Crippen LogP contribution in [0, 0.1) is 0 Å². The van der Waals surface area contributed by atoms with Gasteiger partial charge in [0.1, 0.15) is 5.75 Å². The van der Waals surface area contributed by atoms with Crippen LogP contribution >= 0.6 is 23.6 Å². The molecule has 0 unspecified atom stereocenters. The number of rotatable bonds is 10. The molecule has 2 aromatic rings. The number of benzene rings is 2. The third-order valence-electron chi connectivity index (χ3n) is 5.13. The summed E-state index contributed by atoms with van der Waals surface area (Å²) in [4.78, 5) is 25.3. The second kappa shape index (κ2) is 10.9. The smallest absolute Gasteiger partial charge is 0.435 e. The Kier molecular flexibility index (Phi) is 8.21. The van der Waals surface area contributed by atoms with Crippen molar-refractivity contribution in [3.63, 3.8) is 0 Å². The molecule has 2 amide bonds. The quantitative estimate of drug-likeness (QED) is 0.155. The monoisotopic (exact) mass is 475 g/mol. The zero-order chi connectivity index (χ0) is 23.1. The lowest BCUT2D eigenvalue weighted by atomic mass is 9.86. The number of ether oxygens (including phenoxy) is 1. The van der Waals surface area contributed by atoms with Gasteiger partial charge >= 0.3 is 5.91 Å². The molecule has 0 aliphatic carbocycles. The van der Waals surface area contributed by atoms with Crippen LogP contribution in [0.4, 0.5) is 5.69 Å². The summed E-state index contributed by atoms with van der Waals surface area (Å²) in [5, 5.41) is 3.54. The Morgan fingerprint density at radius 1 is 1.22 bits per heavy atom. The Labute approximate surface area is 198 Å². The van der Waals surface area contributed by atoms with Crippen LogP contribution in [0.5, 0.6) is 5.75 Å². The number of fused-ring (bicyclic) bond motifs is 1. The highest BCUT2D eigenvalue weighted by Gasteiger charge is 2.38. The van der Waals surface area contributed by atoms with Crippen LogP contribution in [0.1, 0.15) is 52.0 Å². The minimum atomic E-state index is -0.568. The summed E-state index contributed by atoms with van der Waals surface area (Å²) < 4.78 is 12.8. The maximum absolute atomic E-state index is 12.4. The third-order valence-corrected chi connectivity index (χ3v) is 6.08. The second-order valence-electron chi connectivity index (χ2n) is 8.04. The molecule has 0 aromatic heterocycles. The Bertz CT molecular complexity index is 1010. The summed E-state index contributed by atoms with van der Waals surface area (Å²) in [5.74, 6) is 0.627. The van der Waals surface area contributed by atoms with Gasteiger partial charge in [-0.25, -0.2) is 4.79 Å². The molecular weight excluding hydrogens is 448 g/mol. The number of hydrogen-bond acceptors (Lipinski definition) is 5. The fourth-order valence-electron chi connectivity index (χ4n) is 3.19. The van der Waals surface area contributed by atoms with Crippen LogP contribution in [-0.4, -0.2) is 29.4 Å². The van der Waals surface area contributed by atoms with Gasteiger partial charge in [0.25, 0.3) is 0 Å². The minimum Gasteiger partial charge on any atom is -0.494 e. The largest absolute Gasteiger partial charge is 0.494 e. The van der Waals surface area contributed by atoms with Crippen molar-refractivity contribution in [1.29, 1.82) is 0 Å². The van der Waals surface area contributed by atoms with Gasteiger partial charge in [0.2, 0.25) is 12.1 Å².